The van der Waals surface area contributed by atoms with Crippen molar-refractivity contribution in [2.75, 3.05) is 13.2 Å². The maximum Gasteiger partial charge on any atom is 0.317 e. The monoisotopic (exact) mass is 398 g/mol. The van der Waals surface area contributed by atoms with E-state index in [-0.39, 0.29) is 0 Å². The number of nitrogens with zero attached hydrogens (tertiary/aromatic N) is 2. The van der Waals surface area contributed by atoms with Crippen LogP contribution in [0.5, 0.6) is 11.8 Å². The third kappa shape index (κ3) is 8.84. The first-order chi connectivity index (χ1) is 14.2. The molecule has 1 atom stereocenters. The molecule has 4 nitrogen and oxygen atoms in total. The number of hydrogen-bond donors (Lipinski definition) is 0. The van der Waals surface area contributed by atoms with E-state index in [9.17, 15) is 0 Å². The molecule has 0 saturated carbocycles. The molecule has 0 fully saturated rings. The Hall–Kier alpha value is -2.10. The van der Waals surface area contributed by atoms with E-state index >= 15 is 0 Å². The number of hydrogen-bond acceptors (Lipinski definition) is 4. The molecule has 1 aromatic heterocycles. The Bertz CT molecular complexity index is 676. The van der Waals surface area contributed by atoms with Crippen molar-refractivity contribution in [3.05, 3.63) is 36.5 Å². The summed E-state index contributed by atoms with van der Waals surface area (Å²) in [4.78, 5) is 9.03. The molecule has 160 valence electrons. The minimum absolute atomic E-state index is 0.426. The van der Waals surface area contributed by atoms with Crippen molar-refractivity contribution in [3.8, 4) is 23.0 Å². The second kappa shape index (κ2) is 14.0. The fraction of sp³-hybridized carbons (Fsp3) is 0.600. The van der Waals surface area contributed by atoms with Gasteiger partial charge in [-0.25, -0.2) is 0 Å². The molecule has 2 rings (SSSR count). The molecule has 29 heavy (non-hydrogen) atoms. The van der Waals surface area contributed by atoms with Gasteiger partial charge in [-0.2, -0.15) is 9.97 Å². The van der Waals surface area contributed by atoms with Crippen LogP contribution in [0, 0.1) is 5.92 Å². The highest BCUT2D eigenvalue weighted by molar-refractivity contribution is 5.65. The van der Waals surface area contributed by atoms with Crippen LogP contribution >= 0.6 is 0 Å². The van der Waals surface area contributed by atoms with Crippen molar-refractivity contribution in [2.24, 2.45) is 5.92 Å². The predicted octanol–water partition coefficient (Wildman–Crippen LogP) is 7.09. The van der Waals surface area contributed by atoms with Gasteiger partial charge in [0.15, 0.2) is 5.75 Å². The molecule has 1 heterocycles. The van der Waals surface area contributed by atoms with Crippen molar-refractivity contribution in [2.45, 2.75) is 78.6 Å². The van der Waals surface area contributed by atoms with Gasteiger partial charge in [-0.3, -0.25) is 0 Å². The molecule has 0 saturated heterocycles. The average Bonchev–Trinajstić information content (AvgIpc) is 2.76. The molecule has 1 unspecified atom stereocenters. The minimum atomic E-state index is 0.426. The number of ether oxygens (including phenoxy) is 2. The summed E-state index contributed by atoms with van der Waals surface area (Å²) in [6.07, 6.45) is 12.8. The first kappa shape index (κ1) is 23.2. The van der Waals surface area contributed by atoms with Gasteiger partial charge in [0.2, 0.25) is 0 Å². The van der Waals surface area contributed by atoms with Gasteiger partial charge in [0.1, 0.15) is 5.69 Å². The van der Waals surface area contributed by atoms with E-state index in [1.165, 1.54) is 38.5 Å². The van der Waals surface area contributed by atoms with Crippen molar-refractivity contribution in [1.29, 1.82) is 0 Å². The zero-order valence-electron chi connectivity index (χ0n) is 18.5. The van der Waals surface area contributed by atoms with Crippen LogP contribution in [0.25, 0.3) is 11.3 Å². The summed E-state index contributed by atoms with van der Waals surface area (Å²) in [6, 6.07) is 10.6. The Morgan fingerprint density at radius 3 is 2.31 bits per heavy atom. The molecular weight excluding hydrogens is 360 g/mol. The Balaban J connectivity index is 1.92. The fourth-order valence-corrected chi connectivity index (χ4v) is 3.13. The Morgan fingerprint density at radius 2 is 1.59 bits per heavy atom. The summed E-state index contributed by atoms with van der Waals surface area (Å²) in [7, 11) is 0. The zero-order valence-corrected chi connectivity index (χ0v) is 18.5. The predicted molar refractivity (Wildman–Crippen MR) is 121 cm³/mol. The van der Waals surface area contributed by atoms with Gasteiger partial charge in [-0.05, 0) is 18.8 Å². The fourth-order valence-electron chi connectivity index (χ4n) is 3.13. The first-order valence-electron chi connectivity index (χ1n) is 11.4. The quantitative estimate of drug-likeness (QED) is 0.300. The summed E-state index contributed by atoms with van der Waals surface area (Å²) >= 11 is 0. The third-order valence-corrected chi connectivity index (χ3v) is 5.32. The lowest BCUT2D eigenvalue weighted by molar-refractivity contribution is 0.258. The standard InChI is InChI=1S/C25H38N2O2/c1-4-6-7-8-9-10-14-18-28-23-20-26-25(29-19-17-21(3)5-2)27-24(23)22-15-12-11-13-16-22/h11-13,15-16,20-21H,4-10,14,17-19H2,1-3H3. The topological polar surface area (TPSA) is 44.2 Å². The molecule has 0 bridgehead atoms. The average molecular weight is 399 g/mol. The van der Waals surface area contributed by atoms with E-state index < -0.39 is 0 Å². The number of aromatic nitrogens is 2. The third-order valence-electron chi connectivity index (χ3n) is 5.32. The van der Waals surface area contributed by atoms with Gasteiger partial charge in [0.05, 0.1) is 19.4 Å². The van der Waals surface area contributed by atoms with E-state index in [1.807, 2.05) is 30.3 Å². The van der Waals surface area contributed by atoms with Gasteiger partial charge in [-0.15, -0.1) is 0 Å². The minimum Gasteiger partial charge on any atom is -0.490 e. The summed E-state index contributed by atoms with van der Waals surface area (Å²) in [5, 5.41) is 0. The molecular formula is C25H38N2O2. The van der Waals surface area contributed by atoms with Crippen LogP contribution in [0.2, 0.25) is 0 Å². The SMILES string of the molecule is CCCCCCCCCOc1cnc(OCCC(C)CC)nc1-c1ccccc1. The lowest BCUT2D eigenvalue weighted by Gasteiger charge is -2.13. The molecule has 0 aliphatic heterocycles. The van der Waals surface area contributed by atoms with Crippen molar-refractivity contribution in [1.82, 2.24) is 9.97 Å². The summed E-state index contributed by atoms with van der Waals surface area (Å²) in [5.74, 6) is 1.38. The Labute approximate surface area is 177 Å². The molecule has 0 radical (unpaired) electrons. The van der Waals surface area contributed by atoms with E-state index in [4.69, 9.17) is 9.47 Å². The van der Waals surface area contributed by atoms with Crippen molar-refractivity contribution < 1.29 is 9.47 Å². The molecule has 2 aromatic rings. The number of unbranched alkanes of at least 4 members (excludes halogenated alkanes) is 6. The number of benzene rings is 1. The highest BCUT2D eigenvalue weighted by Crippen LogP contribution is 2.29. The lowest BCUT2D eigenvalue weighted by Crippen LogP contribution is -2.07. The van der Waals surface area contributed by atoms with E-state index in [2.05, 4.69) is 30.7 Å². The maximum absolute atomic E-state index is 6.05. The molecule has 0 aliphatic carbocycles. The van der Waals surface area contributed by atoms with Crippen molar-refractivity contribution >= 4 is 0 Å². The smallest absolute Gasteiger partial charge is 0.317 e. The molecule has 1 aromatic carbocycles. The highest BCUT2D eigenvalue weighted by atomic mass is 16.5. The normalized spacial score (nSPS) is 12.0. The van der Waals surface area contributed by atoms with Crippen LogP contribution < -0.4 is 9.47 Å². The summed E-state index contributed by atoms with van der Waals surface area (Å²) in [5.41, 5.74) is 1.83. The van der Waals surface area contributed by atoms with Crippen LogP contribution in [-0.4, -0.2) is 23.2 Å². The molecule has 0 spiro atoms. The van der Waals surface area contributed by atoms with Gasteiger partial charge in [-0.1, -0.05) is 96.0 Å². The number of rotatable bonds is 15. The van der Waals surface area contributed by atoms with Gasteiger partial charge < -0.3 is 9.47 Å². The van der Waals surface area contributed by atoms with Crippen LogP contribution in [0.1, 0.15) is 78.6 Å². The zero-order chi connectivity index (χ0) is 20.7. The molecule has 0 amide bonds. The van der Waals surface area contributed by atoms with Crippen LogP contribution in [-0.2, 0) is 0 Å². The molecule has 0 N–H and O–H groups in total. The van der Waals surface area contributed by atoms with Crippen molar-refractivity contribution in [3.63, 3.8) is 0 Å². The Kier molecular flexibility index (Phi) is 11.2. The first-order valence-corrected chi connectivity index (χ1v) is 11.4. The van der Waals surface area contributed by atoms with Crippen LogP contribution in [0.15, 0.2) is 36.5 Å². The second-order valence-electron chi connectivity index (χ2n) is 7.85. The summed E-state index contributed by atoms with van der Waals surface area (Å²) < 4.78 is 11.9. The van der Waals surface area contributed by atoms with Gasteiger partial charge in [0.25, 0.3) is 0 Å². The van der Waals surface area contributed by atoms with E-state index in [1.54, 1.807) is 6.20 Å². The maximum atomic E-state index is 6.05. The largest absolute Gasteiger partial charge is 0.490 e. The van der Waals surface area contributed by atoms with Crippen LogP contribution in [0.3, 0.4) is 0 Å². The van der Waals surface area contributed by atoms with E-state index in [0.717, 1.165) is 36.3 Å². The lowest BCUT2D eigenvalue weighted by atomic mass is 10.1. The Morgan fingerprint density at radius 1 is 0.862 bits per heavy atom. The summed E-state index contributed by atoms with van der Waals surface area (Å²) in [6.45, 7) is 8.03. The van der Waals surface area contributed by atoms with Gasteiger partial charge in [0, 0.05) is 5.56 Å². The highest BCUT2D eigenvalue weighted by Gasteiger charge is 2.12. The van der Waals surface area contributed by atoms with Crippen LogP contribution in [0.4, 0.5) is 0 Å². The molecule has 0 aliphatic rings. The molecule has 4 heteroatoms. The van der Waals surface area contributed by atoms with E-state index in [0.29, 0.717) is 25.1 Å². The van der Waals surface area contributed by atoms with Gasteiger partial charge >= 0.3 is 6.01 Å². The second-order valence-corrected chi connectivity index (χ2v) is 7.85.